The summed E-state index contributed by atoms with van der Waals surface area (Å²) in [6.45, 7) is 1.79. The Labute approximate surface area is 198 Å². The van der Waals surface area contributed by atoms with E-state index in [1.54, 1.807) is 24.3 Å². The van der Waals surface area contributed by atoms with Crippen LogP contribution in [0.4, 0.5) is 4.39 Å². The van der Waals surface area contributed by atoms with Crippen LogP contribution in [0.15, 0.2) is 95.9 Å². The molecule has 0 N–H and O–H groups in total. The number of fused-ring (bicyclic) bond motifs is 1. The minimum atomic E-state index is -3.88. The van der Waals surface area contributed by atoms with Crippen molar-refractivity contribution >= 4 is 10.1 Å². The highest BCUT2D eigenvalue weighted by Crippen LogP contribution is 2.43. The van der Waals surface area contributed by atoms with Crippen molar-refractivity contribution in [2.24, 2.45) is 0 Å². The molecule has 0 aromatic heterocycles. The number of hydrogen-bond acceptors (Lipinski definition) is 4. The summed E-state index contributed by atoms with van der Waals surface area (Å²) >= 11 is 0. The summed E-state index contributed by atoms with van der Waals surface area (Å²) < 4.78 is 51.2. The van der Waals surface area contributed by atoms with Gasteiger partial charge in [-0.25, -0.2) is 4.39 Å². The lowest BCUT2D eigenvalue weighted by atomic mass is 9.92. The van der Waals surface area contributed by atoms with Crippen LogP contribution in [0.1, 0.15) is 11.1 Å². The van der Waals surface area contributed by atoms with Crippen molar-refractivity contribution in [3.8, 4) is 28.0 Å². The fourth-order valence-electron chi connectivity index (χ4n) is 4.21. The zero-order valence-corrected chi connectivity index (χ0v) is 19.4. The third-order valence-corrected chi connectivity index (χ3v) is 7.22. The normalized spacial score (nSPS) is 15.1. The molecule has 0 spiro atoms. The van der Waals surface area contributed by atoms with Crippen LogP contribution in [-0.2, 0) is 20.7 Å². The Morgan fingerprint density at radius 3 is 2.15 bits per heavy atom. The number of halogens is 1. The molecule has 1 aliphatic rings. The van der Waals surface area contributed by atoms with Gasteiger partial charge in [0.15, 0.2) is 0 Å². The standard InChI is InChI=1S/C28H23FO4S/c1-19-13-15-22(16-14-19)34(30,31)32-18-21-17-20-7-6-11-26(28(20)33-21)24-9-3-2-8-23(24)25-10-4-5-12-27(25)29/h2-16,21H,17-18H2,1H3. The molecule has 4 aromatic carbocycles. The largest absolute Gasteiger partial charge is 0.487 e. The van der Waals surface area contributed by atoms with Crippen LogP contribution in [0.25, 0.3) is 22.3 Å². The quantitative estimate of drug-likeness (QED) is 0.313. The summed E-state index contributed by atoms with van der Waals surface area (Å²) in [6, 6.07) is 26.6. The van der Waals surface area contributed by atoms with Crippen molar-refractivity contribution in [2.45, 2.75) is 24.3 Å². The van der Waals surface area contributed by atoms with Crippen LogP contribution in [0.2, 0.25) is 0 Å². The van der Waals surface area contributed by atoms with Gasteiger partial charge in [-0.1, -0.05) is 78.4 Å². The van der Waals surface area contributed by atoms with Gasteiger partial charge in [-0.3, -0.25) is 4.18 Å². The zero-order valence-electron chi connectivity index (χ0n) is 18.6. The summed E-state index contributed by atoms with van der Waals surface area (Å²) in [5.41, 5.74) is 4.88. The van der Waals surface area contributed by atoms with Crippen LogP contribution in [-0.4, -0.2) is 21.1 Å². The van der Waals surface area contributed by atoms with Crippen LogP contribution >= 0.6 is 0 Å². The second kappa shape index (κ2) is 9.05. The maximum Gasteiger partial charge on any atom is 0.297 e. The van der Waals surface area contributed by atoms with E-state index in [9.17, 15) is 12.8 Å². The van der Waals surface area contributed by atoms with Gasteiger partial charge in [0.1, 0.15) is 24.3 Å². The maximum atomic E-state index is 14.6. The molecule has 0 fully saturated rings. The van der Waals surface area contributed by atoms with Crippen molar-refractivity contribution in [2.75, 3.05) is 6.61 Å². The Kier molecular flexibility index (Phi) is 5.94. The van der Waals surface area contributed by atoms with Crippen LogP contribution < -0.4 is 4.74 Å². The second-order valence-corrected chi connectivity index (χ2v) is 9.93. The molecule has 0 radical (unpaired) electrons. The average Bonchev–Trinajstić information content (AvgIpc) is 3.27. The first-order chi connectivity index (χ1) is 16.4. The van der Waals surface area contributed by atoms with E-state index in [2.05, 4.69) is 0 Å². The molecule has 1 atom stereocenters. The molecule has 1 heterocycles. The monoisotopic (exact) mass is 474 g/mol. The van der Waals surface area contributed by atoms with E-state index in [-0.39, 0.29) is 17.3 Å². The Morgan fingerprint density at radius 1 is 0.824 bits per heavy atom. The fourth-order valence-corrected chi connectivity index (χ4v) is 5.15. The summed E-state index contributed by atoms with van der Waals surface area (Å²) in [7, 11) is -3.88. The molecular formula is C28H23FO4S. The second-order valence-electron chi connectivity index (χ2n) is 8.31. The third-order valence-electron chi connectivity index (χ3n) is 5.93. The lowest BCUT2D eigenvalue weighted by molar-refractivity contribution is 0.152. The molecule has 6 heteroatoms. The number of para-hydroxylation sites is 1. The van der Waals surface area contributed by atoms with E-state index in [0.29, 0.717) is 17.7 Å². The van der Waals surface area contributed by atoms with Gasteiger partial charge in [0.2, 0.25) is 0 Å². The van der Waals surface area contributed by atoms with Crippen molar-refractivity contribution in [3.05, 3.63) is 108 Å². The highest BCUT2D eigenvalue weighted by molar-refractivity contribution is 7.86. The maximum absolute atomic E-state index is 14.6. The number of benzene rings is 4. The van der Waals surface area contributed by atoms with Crippen molar-refractivity contribution in [1.82, 2.24) is 0 Å². The van der Waals surface area contributed by atoms with Crippen LogP contribution in [0.3, 0.4) is 0 Å². The summed E-state index contributed by atoms with van der Waals surface area (Å²) in [5, 5.41) is 0. The summed E-state index contributed by atoms with van der Waals surface area (Å²) in [6.07, 6.45) is 0.0751. The molecule has 172 valence electrons. The Morgan fingerprint density at radius 2 is 1.44 bits per heavy atom. The predicted octanol–water partition coefficient (Wildman–Crippen LogP) is 6.18. The molecule has 0 saturated carbocycles. The highest BCUT2D eigenvalue weighted by Gasteiger charge is 2.29. The molecule has 1 unspecified atom stereocenters. The number of aryl methyl sites for hydroxylation is 1. The van der Waals surface area contributed by atoms with Gasteiger partial charge >= 0.3 is 0 Å². The predicted molar refractivity (Wildman–Crippen MR) is 130 cm³/mol. The summed E-state index contributed by atoms with van der Waals surface area (Å²) in [5.74, 6) is 0.378. The highest BCUT2D eigenvalue weighted by atomic mass is 32.2. The Balaban J connectivity index is 1.41. The number of ether oxygens (including phenoxy) is 1. The minimum Gasteiger partial charge on any atom is -0.487 e. The van der Waals surface area contributed by atoms with Gasteiger partial charge < -0.3 is 4.74 Å². The van der Waals surface area contributed by atoms with E-state index < -0.39 is 16.2 Å². The molecule has 4 nitrogen and oxygen atoms in total. The van der Waals surface area contributed by atoms with E-state index in [1.165, 1.54) is 18.2 Å². The minimum absolute atomic E-state index is 0.0979. The van der Waals surface area contributed by atoms with Gasteiger partial charge in [0.25, 0.3) is 10.1 Å². The third kappa shape index (κ3) is 4.34. The molecule has 0 aliphatic carbocycles. The molecule has 4 aromatic rings. The number of rotatable bonds is 6. The lowest BCUT2D eigenvalue weighted by Gasteiger charge is -2.15. The molecule has 0 saturated heterocycles. The first kappa shape index (κ1) is 22.3. The molecule has 5 rings (SSSR count). The molecule has 1 aliphatic heterocycles. The smallest absolute Gasteiger partial charge is 0.297 e. The van der Waals surface area contributed by atoms with Crippen LogP contribution in [0, 0.1) is 12.7 Å². The fraction of sp³-hybridized carbons (Fsp3) is 0.143. The average molecular weight is 475 g/mol. The SMILES string of the molecule is Cc1ccc(S(=O)(=O)OCC2Cc3cccc(-c4ccccc4-c4ccccc4F)c3O2)cc1. The van der Waals surface area contributed by atoms with Gasteiger partial charge in [0.05, 0.1) is 4.90 Å². The topological polar surface area (TPSA) is 52.6 Å². The molecule has 0 bridgehead atoms. The Hall–Kier alpha value is -3.48. The van der Waals surface area contributed by atoms with E-state index >= 15 is 0 Å². The van der Waals surface area contributed by atoms with E-state index in [0.717, 1.165) is 27.8 Å². The van der Waals surface area contributed by atoms with Gasteiger partial charge in [-0.15, -0.1) is 0 Å². The first-order valence-electron chi connectivity index (χ1n) is 11.0. The van der Waals surface area contributed by atoms with Gasteiger partial charge in [0, 0.05) is 17.5 Å². The van der Waals surface area contributed by atoms with Crippen molar-refractivity contribution < 1.29 is 21.7 Å². The molecule has 0 amide bonds. The number of hydrogen-bond donors (Lipinski definition) is 0. The zero-order chi connectivity index (χ0) is 23.7. The summed E-state index contributed by atoms with van der Waals surface area (Å²) in [4.78, 5) is 0.119. The van der Waals surface area contributed by atoms with Crippen LogP contribution in [0.5, 0.6) is 5.75 Å². The van der Waals surface area contributed by atoms with Gasteiger partial charge in [-0.05, 0) is 41.8 Å². The Bertz CT molecular complexity index is 1450. The van der Waals surface area contributed by atoms with Crippen molar-refractivity contribution in [3.63, 3.8) is 0 Å². The van der Waals surface area contributed by atoms with E-state index in [1.807, 2.05) is 55.5 Å². The first-order valence-corrected chi connectivity index (χ1v) is 12.4. The van der Waals surface area contributed by atoms with Crippen molar-refractivity contribution in [1.29, 1.82) is 0 Å². The van der Waals surface area contributed by atoms with Gasteiger partial charge in [-0.2, -0.15) is 8.42 Å². The molecule has 34 heavy (non-hydrogen) atoms. The molecular weight excluding hydrogens is 451 g/mol. The lowest BCUT2D eigenvalue weighted by Crippen LogP contribution is -2.23. The van der Waals surface area contributed by atoms with E-state index in [4.69, 9.17) is 8.92 Å².